The fourth-order valence-corrected chi connectivity index (χ4v) is 6.02. The summed E-state index contributed by atoms with van der Waals surface area (Å²) in [4.78, 5) is 21.0. The van der Waals surface area contributed by atoms with E-state index in [1.807, 2.05) is 36.5 Å². The molecule has 0 spiro atoms. The zero-order chi connectivity index (χ0) is 28.6. The Bertz CT molecular complexity index is 1230. The van der Waals surface area contributed by atoms with Crippen molar-refractivity contribution in [1.82, 2.24) is 24.6 Å². The number of ether oxygens (including phenoxy) is 1. The van der Waals surface area contributed by atoms with Crippen LogP contribution in [-0.4, -0.2) is 90.2 Å². The highest BCUT2D eigenvalue weighted by Crippen LogP contribution is 2.30. The average molecular weight is 548 g/mol. The third-order valence-corrected chi connectivity index (χ3v) is 8.20. The lowest BCUT2D eigenvalue weighted by Gasteiger charge is -2.37. The first-order valence-electron chi connectivity index (χ1n) is 15.0. The zero-order valence-electron chi connectivity index (χ0n) is 25.4. The maximum atomic E-state index is 13.3. The fourth-order valence-electron chi connectivity index (χ4n) is 6.02. The molecule has 1 amide bonds. The van der Waals surface area contributed by atoms with Crippen LogP contribution in [0.3, 0.4) is 0 Å². The Kier molecular flexibility index (Phi) is 10.6. The summed E-state index contributed by atoms with van der Waals surface area (Å²) in [5.41, 5.74) is 3.99. The molecule has 7 nitrogen and oxygen atoms in total. The molecule has 3 aromatic rings. The van der Waals surface area contributed by atoms with Gasteiger partial charge in [-0.3, -0.25) is 14.6 Å². The van der Waals surface area contributed by atoms with Crippen LogP contribution in [0.1, 0.15) is 55.6 Å². The van der Waals surface area contributed by atoms with Crippen molar-refractivity contribution >= 4 is 16.8 Å². The molecule has 4 rings (SSSR count). The van der Waals surface area contributed by atoms with Gasteiger partial charge in [0, 0.05) is 76.0 Å². The van der Waals surface area contributed by atoms with Crippen molar-refractivity contribution in [2.45, 2.75) is 66.2 Å². The Morgan fingerprint density at radius 2 is 1.62 bits per heavy atom. The van der Waals surface area contributed by atoms with Crippen molar-refractivity contribution < 1.29 is 9.53 Å². The number of benzene rings is 2. The van der Waals surface area contributed by atoms with Gasteiger partial charge in [-0.25, -0.2) is 0 Å². The van der Waals surface area contributed by atoms with Crippen LogP contribution in [0, 0.1) is 6.92 Å². The third-order valence-electron chi connectivity index (χ3n) is 8.20. The first-order valence-corrected chi connectivity index (χ1v) is 15.0. The van der Waals surface area contributed by atoms with Gasteiger partial charge in [0.05, 0.1) is 18.2 Å². The smallest absolute Gasteiger partial charge is 0.253 e. The predicted octanol–water partition coefficient (Wildman–Crippen LogP) is 5.01. The Morgan fingerprint density at radius 3 is 2.27 bits per heavy atom. The first kappa shape index (κ1) is 30.1. The van der Waals surface area contributed by atoms with E-state index in [1.165, 1.54) is 5.56 Å². The van der Waals surface area contributed by atoms with Crippen LogP contribution in [0.4, 0.5) is 0 Å². The highest BCUT2D eigenvalue weighted by Gasteiger charge is 2.21. The lowest BCUT2D eigenvalue weighted by Crippen LogP contribution is -2.50. The number of para-hydroxylation sites is 1. The number of nitrogens with zero attached hydrogens (tertiary/aromatic N) is 4. The molecular weight excluding hydrogens is 498 g/mol. The number of piperazine rings is 1. The van der Waals surface area contributed by atoms with E-state index in [0.717, 1.165) is 81.0 Å². The molecule has 7 heteroatoms. The zero-order valence-corrected chi connectivity index (χ0v) is 25.4. The standard InChI is InChI=1S/C33H49N5O2/c1-25(2)38(26(3)4)21-20-36-18-16-35(17-19-36)14-9-15-37-24-30(29-12-8-13-31(40-6)32(29)37)33(39)34-23-28-11-7-10-27(5)22-28/h7-8,10-13,22,24-26H,9,14-21,23H2,1-6H3,(H,34,39). The molecule has 218 valence electrons. The highest BCUT2D eigenvalue weighted by molar-refractivity contribution is 6.08. The van der Waals surface area contributed by atoms with E-state index < -0.39 is 0 Å². The van der Waals surface area contributed by atoms with Crippen LogP contribution < -0.4 is 10.1 Å². The number of carbonyl (C=O) groups is 1. The molecule has 0 atom stereocenters. The Morgan fingerprint density at radius 1 is 0.950 bits per heavy atom. The lowest BCUT2D eigenvalue weighted by molar-refractivity contribution is 0.0952. The molecule has 2 aromatic carbocycles. The van der Waals surface area contributed by atoms with E-state index in [-0.39, 0.29) is 5.91 Å². The maximum absolute atomic E-state index is 13.3. The minimum Gasteiger partial charge on any atom is -0.495 e. The summed E-state index contributed by atoms with van der Waals surface area (Å²) in [6.45, 7) is 20.4. The Labute approximate surface area is 241 Å². The number of hydrogen-bond donors (Lipinski definition) is 1. The van der Waals surface area contributed by atoms with Crippen molar-refractivity contribution in [1.29, 1.82) is 0 Å². The van der Waals surface area contributed by atoms with Gasteiger partial charge in [0.1, 0.15) is 5.75 Å². The van der Waals surface area contributed by atoms with Gasteiger partial charge in [0.25, 0.3) is 5.91 Å². The topological polar surface area (TPSA) is 53.0 Å². The summed E-state index contributed by atoms with van der Waals surface area (Å²) in [5, 5.41) is 4.05. The molecule has 0 saturated carbocycles. The van der Waals surface area contributed by atoms with Crippen molar-refractivity contribution in [3.8, 4) is 5.75 Å². The van der Waals surface area contributed by atoms with Gasteiger partial charge in [-0.2, -0.15) is 0 Å². The number of fused-ring (bicyclic) bond motifs is 1. The number of nitrogens with one attached hydrogen (secondary N) is 1. The van der Waals surface area contributed by atoms with Crippen molar-refractivity contribution in [3.63, 3.8) is 0 Å². The fraction of sp³-hybridized carbons (Fsp3) is 0.545. The molecule has 1 aliphatic rings. The SMILES string of the molecule is COc1cccc2c(C(=O)NCc3cccc(C)c3)cn(CCCN3CCN(CCN(C(C)C)C(C)C)CC3)c12. The van der Waals surface area contributed by atoms with Crippen LogP contribution in [0.25, 0.3) is 10.9 Å². The average Bonchev–Trinajstić information content (AvgIpc) is 3.31. The lowest BCUT2D eigenvalue weighted by atomic mass is 10.1. The highest BCUT2D eigenvalue weighted by atomic mass is 16.5. The van der Waals surface area contributed by atoms with E-state index in [2.05, 4.69) is 71.3 Å². The monoisotopic (exact) mass is 547 g/mol. The number of rotatable bonds is 13. The summed E-state index contributed by atoms with van der Waals surface area (Å²) in [6.07, 6.45) is 3.03. The minimum absolute atomic E-state index is 0.0527. The van der Waals surface area contributed by atoms with Gasteiger partial charge in [-0.05, 0) is 59.2 Å². The minimum atomic E-state index is -0.0527. The molecule has 1 fully saturated rings. The van der Waals surface area contributed by atoms with Crippen LogP contribution in [-0.2, 0) is 13.1 Å². The molecular formula is C33H49N5O2. The molecule has 1 N–H and O–H groups in total. The largest absolute Gasteiger partial charge is 0.495 e. The van der Waals surface area contributed by atoms with Gasteiger partial charge < -0.3 is 19.5 Å². The quantitative estimate of drug-likeness (QED) is 0.326. The molecule has 0 bridgehead atoms. The van der Waals surface area contributed by atoms with E-state index in [0.29, 0.717) is 24.2 Å². The van der Waals surface area contributed by atoms with E-state index in [1.54, 1.807) is 7.11 Å². The van der Waals surface area contributed by atoms with Crippen LogP contribution in [0.2, 0.25) is 0 Å². The summed E-state index contributed by atoms with van der Waals surface area (Å²) < 4.78 is 7.92. The molecule has 2 heterocycles. The van der Waals surface area contributed by atoms with Gasteiger partial charge in [-0.1, -0.05) is 42.0 Å². The number of hydrogen-bond acceptors (Lipinski definition) is 5. The molecule has 1 saturated heterocycles. The van der Waals surface area contributed by atoms with Gasteiger partial charge in [0.15, 0.2) is 0 Å². The van der Waals surface area contributed by atoms with Crippen LogP contribution in [0.15, 0.2) is 48.7 Å². The van der Waals surface area contributed by atoms with Crippen molar-refractivity contribution in [2.75, 3.05) is 52.9 Å². The molecule has 1 aromatic heterocycles. The normalized spacial score (nSPS) is 15.0. The van der Waals surface area contributed by atoms with Gasteiger partial charge >= 0.3 is 0 Å². The summed E-state index contributed by atoms with van der Waals surface area (Å²) in [7, 11) is 1.70. The molecule has 40 heavy (non-hydrogen) atoms. The molecule has 1 aliphatic heterocycles. The molecule has 0 radical (unpaired) electrons. The third kappa shape index (κ3) is 7.65. The number of aryl methyl sites for hydroxylation is 2. The second-order valence-corrected chi connectivity index (χ2v) is 11.7. The maximum Gasteiger partial charge on any atom is 0.253 e. The van der Waals surface area contributed by atoms with Crippen molar-refractivity contribution in [3.05, 3.63) is 65.4 Å². The van der Waals surface area contributed by atoms with Crippen LogP contribution in [0.5, 0.6) is 5.75 Å². The summed E-state index contributed by atoms with van der Waals surface area (Å²) in [5.74, 6) is 0.754. The van der Waals surface area contributed by atoms with Gasteiger partial charge in [-0.15, -0.1) is 0 Å². The van der Waals surface area contributed by atoms with E-state index in [9.17, 15) is 4.79 Å². The first-order chi connectivity index (χ1) is 19.3. The number of carbonyl (C=O) groups excluding carboxylic acids is 1. The van der Waals surface area contributed by atoms with E-state index >= 15 is 0 Å². The second-order valence-electron chi connectivity index (χ2n) is 11.7. The van der Waals surface area contributed by atoms with Crippen molar-refractivity contribution in [2.24, 2.45) is 0 Å². The van der Waals surface area contributed by atoms with Gasteiger partial charge in [0.2, 0.25) is 0 Å². The van der Waals surface area contributed by atoms with E-state index in [4.69, 9.17) is 4.74 Å². The second kappa shape index (κ2) is 14.2. The number of methoxy groups -OCH3 is 1. The molecule has 0 unspecified atom stereocenters. The summed E-state index contributed by atoms with van der Waals surface area (Å²) >= 11 is 0. The van der Waals surface area contributed by atoms with Crippen LogP contribution >= 0.6 is 0 Å². The Hall–Kier alpha value is -2.87. The molecule has 0 aliphatic carbocycles. The summed E-state index contributed by atoms with van der Waals surface area (Å²) in [6, 6.07) is 15.4. The Balaban J connectivity index is 1.33. The number of aromatic nitrogens is 1. The predicted molar refractivity (Wildman–Crippen MR) is 165 cm³/mol. The number of amides is 1.